The number of fused-ring (bicyclic) bond motifs is 12. The molecule has 0 saturated carbocycles. The van der Waals surface area contributed by atoms with Crippen LogP contribution in [0.2, 0.25) is 0 Å². The van der Waals surface area contributed by atoms with Crippen LogP contribution in [0.4, 0.5) is 0 Å². The van der Waals surface area contributed by atoms with Gasteiger partial charge in [-0.25, -0.2) is 4.98 Å². The second kappa shape index (κ2) is 29.5. The first-order chi connectivity index (χ1) is 60.6. The zero-order valence-corrected chi connectivity index (χ0v) is 70.2. The van der Waals surface area contributed by atoms with E-state index in [0.717, 1.165) is 193 Å². The van der Waals surface area contributed by atoms with Crippen LogP contribution in [-0.2, 0) is 0 Å². The number of rotatable bonds is 13. The van der Waals surface area contributed by atoms with Crippen molar-refractivity contribution in [2.24, 2.45) is 0 Å². The van der Waals surface area contributed by atoms with E-state index in [1.165, 1.54) is 44.5 Å². The first-order valence-electron chi connectivity index (χ1n) is 42.5. The van der Waals surface area contributed by atoms with Gasteiger partial charge >= 0.3 is 0 Å². The summed E-state index contributed by atoms with van der Waals surface area (Å²) < 4.78 is 9.81. The molecule has 0 saturated heterocycles. The van der Waals surface area contributed by atoms with Crippen LogP contribution in [0.5, 0.6) is 0 Å². The average molecular weight is 1590 g/mol. The van der Waals surface area contributed by atoms with Crippen LogP contribution in [-0.4, -0.2) is 23.3 Å². The van der Waals surface area contributed by atoms with Gasteiger partial charge in [0, 0.05) is 60.4 Å². The lowest BCUT2D eigenvalue weighted by molar-refractivity contribution is 1.03. The molecule has 5 aromatic heterocycles. The normalized spacial score (nSPS) is 11.7. The number of hydrogen-bond acceptors (Lipinski definition) is 3. The van der Waals surface area contributed by atoms with Crippen molar-refractivity contribution in [3.63, 3.8) is 0 Å². The molecule has 0 amide bonds. The Morgan fingerprint density at radius 1 is 0.185 bits per heavy atom. The summed E-state index contributed by atoms with van der Waals surface area (Å²) in [6.07, 6.45) is 1.90. The molecule has 0 fully saturated rings. The largest absolute Gasteiger partial charge is 0.306 e. The van der Waals surface area contributed by atoms with Gasteiger partial charge in [-0.1, -0.05) is 287 Å². The molecule has 17 aromatic carbocycles. The Balaban J connectivity index is 1.00. The summed E-state index contributed by atoms with van der Waals surface area (Å²) in [6.45, 7) is 17.1. The predicted octanol–water partition coefficient (Wildman–Crippen LogP) is 30.7. The van der Waals surface area contributed by atoms with Gasteiger partial charge in [0.1, 0.15) is 23.4 Å². The maximum absolute atomic E-state index is 14.2. The lowest BCUT2D eigenvalue weighted by Crippen LogP contribution is -2.16. The monoisotopic (exact) mass is 1590 g/mol. The Morgan fingerprint density at radius 2 is 0.355 bits per heavy atom. The Bertz CT molecular complexity index is 7360. The summed E-state index contributed by atoms with van der Waals surface area (Å²) in [5.41, 5.74) is 38.8. The molecule has 0 bridgehead atoms. The lowest BCUT2D eigenvalue weighted by Gasteiger charge is -2.29. The predicted molar refractivity (Wildman–Crippen MR) is 518 cm³/mol. The highest BCUT2D eigenvalue weighted by Crippen LogP contribution is 2.54. The van der Waals surface area contributed by atoms with E-state index in [9.17, 15) is 10.5 Å². The quantitative estimate of drug-likeness (QED) is 0.115. The van der Waals surface area contributed by atoms with Crippen LogP contribution in [0.15, 0.2) is 358 Å². The molecule has 22 aromatic rings. The Morgan fingerprint density at radius 3 is 0.516 bits per heavy atom. The minimum atomic E-state index is 0.265. The number of hydrogen-bond donors (Lipinski definition) is 0. The molecule has 5 heterocycles. The Hall–Kier alpha value is -15.9. The standard InChI is InChI=1S/C117H83N7/c1-70-9-25-78(26-10-70)86-42-51-105-96(59-86)97-60-87(79-27-11-71(2)12-28-79)43-52-106(97)121(105)114-104(68-119)115(122-107-53-44-88(80-29-13-72(3)14-30-80)61-98(107)99-62-89(45-54-108(99)122)81-31-15-73(4)16-32-81)117(124-111-57-48-92(84-37-21-76(7)22-38-84)65-102(111)103-66-93(49-58-112(103)124)85-39-23-77(8)24-40-85)113(94-41-50-95(67-118)120-69-94)116(114)123-109-55-46-90(82-33-17-74(5)18-34-82)63-100(109)101-64-91(47-56-110(101)123)83-35-19-75(6)20-36-83/h9-66,69H,1-8H3. The fraction of sp³-hybridized carbons (Fsp3) is 0.0684. The number of aryl methyl sites for hydroxylation is 8. The summed E-state index contributed by atoms with van der Waals surface area (Å²) in [6, 6.07) is 136. The number of benzene rings is 17. The third-order valence-electron chi connectivity index (χ3n) is 25.7. The summed E-state index contributed by atoms with van der Waals surface area (Å²) in [7, 11) is 0. The van der Waals surface area contributed by atoms with Crippen molar-refractivity contribution >= 4 is 87.2 Å². The Kier molecular flexibility index (Phi) is 17.7. The van der Waals surface area contributed by atoms with Crippen molar-refractivity contribution in [1.29, 1.82) is 10.5 Å². The second-order valence-corrected chi connectivity index (χ2v) is 33.9. The molecule has 586 valence electrons. The van der Waals surface area contributed by atoms with Crippen molar-refractivity contribution in [1.82, 2.24) is 23.3 Å². The van der Waals surface area contributed by atoms with E-state index in [1.54, 1.807) is 0 Å². The van der Waals surface area contributed by atoms with E-state index in [0.29, 0.717) is 22.5 Å². The van der Waals surface area contributed by atoms with Crippen LogP contribution in [0.1, 0.15) is 55.8 Å². The van der Waals surface area contributed by atoms with Crippen molar-refractivity contribution in [3.05, 3.63) is 414 Å². The summed E-state index contributed by atoms with van der Waals surface area (Å²) >= 11 is 0. The van der Waals surface area contributed by atoms with Gasteiger partial charge in [0.25, 0.3) is 0 Å². The van der Waals surface area contributed by atoms with E-state index in [4.69, 9.17) is 4.98 Å². The van der Waals surface area contributed by atoms with Gasteiger partial charge in [-0.2, -0.15) is 10.5 Å². The third-order valence-corrected chi connectivity index (χ3v) is 25.7. The average Bonchev–Trinajstić information content (AvgIpc) is 1.53. The van der Waals surface area contributed by atoms with E-state index < -0.39 is 0 Å². The van der Waals surface area contributed by atoms with Crippen LogP contribution in [0, 0.1) is 78.1 Å². The summed E-state index contributed by atoms with van der Waals surface area (Å²) in [4.78, 5) is 5.22. The molecule has 0 atom stereocenters. The topological polar surface area (TPSA) is 80.2 Å². The maximum Gasteiger partial charge on any atom is 0.140 e. The number of aromatic nitrogens is 5. The van der Waals surface area contributed by atoms with E-state index in [1.807, 2.05) is 12.3 Å². The lowest BCUT2D eigenvalue weighted by atomic mass is 9.93. The number of nitrogens with zero attached hydrogens (tertiary/aromatic N) is 7. The van der Waals surface area contributed by atoms with Gasteiger partial charge in [-0.05, 0) is 254 Å². The maximum atomic E-state index is 14.2. The van der Waals surface area contributed by atoms with E-state index in [-0.39, 0.29) is 5.69 Å². The minimum Gasteiger partial charge on any atom is -0.306 e. The highest BCUT2D eigenvalue weighted by Gasteiger charge is 2.36. The zero-order chi connectivity index (χ0) is 83.9. The Labute approximate surface area is 720 Å². The van der Waals surface area contributed by atoms with Gasteiger partial charge in [-0.3, -0.25) is 0 Å². The van der Waals surface area contributed by atoms with Gasteiger partial charge in [0.05, 0.1) is 66.9 Å². The first kappa shape index (κ1) is 74.4. The smallest absolute Gasteiger partial charge is 0.140 e. The molecule has 0 spiro atoms. The molecule has 0 aliphatic rings. The highest BCUT2D eigenvalue weighted by atomic mass is 15.1. The molecule has 22 rings (SSSR count). The van der Waals surface area contributed by atoms with Crippen LogP contribution in [0.3, 0.4) is 0 Å². The molecule has 7 nitrogen and oxygen atoms in total. The van der Waals surface area contributed by atoms with Gasteiger partial charge in [-0.15, -0.1) is 0 Å². The SMILES string of the molecule is Cc1ccc(-c2ccc3c(c2)c2cc(-c4ccc(C)cc4)ccc2n3-c2c(C#N)c(-n3c4ccc(-c5ccc(C)cc5)cc4c4cc(-c5ccc(C)cc5)ccc43)c(-n3c4ccc(-c5ccc(C)cc5)cc4c4cc(-c5ccc(C)cc5)ccc43)c(-c3ccc(C#N)nc3)c2-n2c3ccc(-c4ccc(C)cc4)cc3c3cc(-c4ccc(C)cc4)ccc32)cc1. The van der Waals surface area contributed by atoms with Gasteiger partial charge < -0.3 is 18.3 Å². The molecule has 0 unspecified atom stereocenters. The molecule has 124 heavy (non-hydrogen) atoms. The van der Waals surface area contributed by atoms with Gasteiger partial charge in [0.15, 0.2) is 0 Å². The first-order valence-corrected chi connectivity index (χ1v) is 42.5. The molecular weight excluding hydrogens is 1500 g/mol. The molecule has 0 radical (unpaired) electrons. The van der Waals surface area contributed by atoms with E-state index in [2.05, 4.69) is 432 Å². The number of nitriles is 2. The van der Waals surface area contributed by atoms with Crippen molar-refractivity contribution < 1.29 is 0 Å². The highest BCUT2D eigenvalue weighted by molar-refractivity contribution is 6.20. The van der Waals surface area contributed by atoms with Crippen LogP contribution < -0.4 is 0 Å². The fourth-order valence-electron chi connectivity index (χ4n) is 19.0. The molecule has 0 N–H and O–H groups in total. The summed E-state index contributed by atoms with van der Waals surface area (Å²) in [5, 5.41) is 33.4. The minimum absolute atomic E-state index is 0.265. The molecular formula is C117H83N7. The van der Waals surface area contributed by atoms with Crippen LogP contribution >= 0.6 is 0 Å². The zero-order valence-electron chi connectivity index (χ0n) is 70.2. The van der Waals surface area contributed by atoms with Crippen molar-refractivity contribution in [2.45, 2.75) is 55.4 Å². The number of pyridine rings is 1. The van der Waals surface area contributed by atoms with Crippen molar-refractivity contribution in [2.75, 3.05) is 0 Å². The van der Waals surface area contributed by atoms with Gasteiger partial charge in [0.2, 0.25) is 0 Å². The van der Waals surface area contributed by atoms with Crippen molar-refractivity contribution in [3.8, 4) is 135 Å². The molecule has 0 aliphatic heterocycles. The van der Waals surface area contributed by atoms with E-state index >= 15 is 0 Å². The van der Waals surface area contributed by atoms with Crippen LogP contribution in [0.25, 0.3) is 210 Å². The molecule has 7 heteroatoms. The molecule has 0 aliphatic carbocycles. The third kappa shape index (κ3) is 12.5. The summed E-state index contributed by atoms with van der Waals surface area (Å²) in [5.74, 6) is 0. The second-order valence-electron chi connectivity index (χ2n) is 33.9. The fourth-order valence-corrected chi connectivity index (χ4v) is 19.0.